The maximum absolute atomic E-state index is 11.8. The molecule has 0 aromatic rings. The van der Waals surface area contributed by atoms with Crippen LogP contribution >= 0.6 is 11.6 Å². The molecule has 2 nitrogen and oxygen atoms in total. The minimum Gasteiger partial charge on any atom is -0.317 e. The van der Waals surface area contributed by atoms with Gasteiger partial charge >= 0.3 is 0 Å². The number of hydrogen-bond donors (Lipinski definition) is 1. The van der Waals surface area contributed by atoms with Crippen LogP contribution in [0.2, 0.25) is 0 Å². The predicted molar refractivity (Wildman–Crippen MR) is 59.7 cm³/mol. The molecule has 1 heterocycles. The molecule has 1 aliphatic heterocycles. The first-order valence-corrected chi connectivity index (χ1v) is 5.68. The van der Waals surface area contributed by atoms with Crippen LogP contribution in [0.3, 0.4) is 0 Å². The molecule has 0 amide bonds. The number of hydrogen-bond acceptors (Lipinski definition) is 2. The molecule has 80 valence electrons. The summed E-state index contributed by atoms with van der Waals surface area (Å²) in [6.45, 7) is 5.52. The van der Waals surface area contributed by atoms with E-state index in [0.717, 1.165) is 38.8 Å². The zero-order chi connectivity index (χ0) is 10.4. The van der Waals surface area contributed by atoms with Gasteiger partial charge in [-0.15, -0.1) is 18.2 Å². The minimum absolute atomic E-state index is 0.184. The molecule has 1 atom stereocenters. The van der Waals surface area contributed by atoms with Gasteiger partial charge in [0.15, 0.2) is 5.78 Å². The van der Waals surface area contributed by atoms with E-state index in [1.165, 1.54) is 0 Å². The third kappa shape index (κ3) is 3.43. The molecule has 1 rings (SSSR count). The van der Waals surface area contributed by atoms with Crippen LogP contribution in [0.4, 0.5) is 0 Å². The van der Waals surface area contributed by atoms with Gasteiger partial charge in [0, 0.05) is 5.92 Å². The number of piperidine rings is 1. The summed E-state index contributed by atoms with van der Waals surface area (Å²) in [6, 6.07) is 0. The topological polar surface area (TPSA) is 29.1 Å². The van der Waals surface area contributed by atoms with E-state index in [0.29, 0.717) is 0 Å². The Kier molecular flexibility index (Phi) is 5.20. The van der Waals surface area contributed by atoms with Crippen molar-refractivity contribution >= 4 is 17.4 Å². The van der Waals surface area contributed by atoms with Crippen molar-refractivity contribution in [3.8, 4) is 0 Å². The number of carbonyl (C=O) groups is 1. The predicted octanol–water partition coefficient (Wildman–Crippen LogP) is 2.13. The highest BCUT2D eigenvalue weighted by Crippen LogP contribution is 2.19. The number of alkyl halides is 1. The fourth-order valence-electron chi connectivity index (χ4n) is 1.77. The Bertz CT molecular complexity index is 199. The normalized spacial score (nSPS) is 20.4. The van der Waals surface area contributed by atoms with Gasteiger partial charge in [0.2, 0.25) is 0 Å². The minimum atomic E-state index is -0.309. The molecule has 1 unspecified atom stereocenters. The molecule has 1 fully saturated rings. The van der Waals surface area contributed by atoms with Crippen molar-refractivity contribution in [2.75, 3.05) is 13.1 Å². The van der Waals surface area contributed by atoms with Gasteiger partial charge in [0.05, 0.1) is 5.38 Å². The second kappa shape index (κ2) is 6.20. The van der Waals surface area contributed by atoms with Crippen LogP contribution in [0.25, 0.3) is 0 Å². The molecular formula is C11H18ClNO. The molecule has 0 saturated carbocycles. The molecule has 0 radical (unpaired) electrons. The first-order chi connectivity index (χ1) is 6.75. The Morgan fingerprint density at radius 1 is 1.57 bits per heavy atom. The molecular weight excluding hydrogens is 198 g/mol. The molecule has 0 aliphatic carbocycles. The van der Waals surface area contributed by atoms with E-state index >= 15 is 0 Å². The number of allylic oxidation sites excluding steroid dienone is 1. The van der Waals surface area contributed by atoms with Gasteiger partial charge < -0.3 is 5.32 Å². The highest BCUT2D eigenvalue weighted by molar-refractivity contribution is 6.31. The quantitative estimate of drug-likeness (QED) is 0.563. The van der Waals surface area contributed by atoms with Crippen molar-refractivity contribution in [1.29, 1.82) is 0 Å². The number of carbonyl (C=O) groups excluding carboxylic acids is 1. The molecule has 1 saturated heterocycles. The van der Waals surface area contributed by atoms with E-state index in [4.69, 9.17) is 11.6 Å². The van der Waals surface area contributed by atoms with Gasteiger partial charge in [-0.1, -0.05) is 6.08 Å². The van der Waals surface area contributed by atoms with E-state index < -0.39 is 0 Å². The van der Waals surface area contributed by atoms with E-state index in [2.05, 4.69) is 11.9 Å². The van der Waals surface area contributed by atoms with Crippen molar-refractivity contribution in [2.45, 2.75) is 31.1 Å². The van der Waals surface area contributed by atoms with Crippen LogP contribution in [0.5, 0.6) is 0 Å². The Morgan fingerprint density at radius 3 is 2.79 bits per heavy atom. The lowest BCUT2D eigenvalue weighted by Gasteiger charge is -2.23. The summed E-state index contributed by atoms with van der Waals surface area (Å²) < 4.78 is 0. The van der Waals surface area contributed by atoms with Crippen molar-refractivity contribution < 1.29 is 4.79 Å². The Labute approximate surface area is 90.7 Å². The van der Waals surface area contributed by atoms with Crippen LogP contribution in [-0.2, 0) is 4.79 Å². The molecule has 14 heavy (non-hydrogen) atoms. The molecule has 0 aromatic carbocycles. The van der Waals surface area contributed by atoms with Crippen molar-refractivity contribution in [3.63, 3.8) is 0 Å². The molecule has 3 heteroatoms. The summed E-state index contributed by atoms with van der Waals surface area (Å²) in [7, 11) is 0. The number of Topliss-reactive ketones (excluding diaryl/α,β-unsaturated/α-hetero) is 1. The monoisotopic (exact) mass is 215 g/mol. The first kappa shape index (κ1) is 11.7. The van der Waals surface area contributed by atoms with Crippen molar-refractivity contribution in [1.82, 2.24) is 5.32 Å². The maximum Gasteiger partial charge on any atom is 0.153 e. The molecule has 1 N–H and O–H groups in total. The van der Waals surface area contributed by atoms with Crippen LogP contribution in [0, 0.1) is 5.92 Å². The zero-order valence-electron chi connectivity index (χ0n) is 8.47. The number of nitrogens with one attached hydrogen (secondary N) is 1. The summed E-state index contributed by atoms with van der Waals surface area (Å²) in [6.07, 6.45) is 5.25. The van der Waals surface area contributed by atoms with E-state index in [1.807, 2.05) is 6.08 Å². The Balaban J connectivity index is 2.34. The standard InChI is InChI=1S/C11H18ClNO/c1-2-3-4-10(12)11(14)9-5-7-13-8-6-9/h2,9-10,13H,1,3-8H2. The second-order valence-electron chi connectivity index (χ2n) is 3.76. The average molecular weight is 216 g/mol. The molecule has 0 aromatic heterocycles. The number of halogens is 1. The van der Waals surface area contributed by atoms with Crippen LogP contribution in [-0.4, -0.2) is 24.2 Å². The second-order valence-corrected chi connectivity index (χ2v) is 4.29. The molecule has 0 bridgehead atoms. The Morgan fingerprint density at radius 2 is 2.21 bits per heavy atom. The largest absolute Gasteiger partial charge is 0.317 e. The van der Waals surface area contributed by atoms with Crippen LogP contribution in [0.15, 0.2) is 12.7 Å². The fourth-order valence-corrected chi connectivity index (χ4v) is 2.07. The first-order valence-electron chi connectivity index (χ1n) is 5.25. The highest BCUT2D eigenvalue weighted by Gasteiger charge is 2.25. The van der Waals surface area contributed by atoms with Gasteiger partial charge in [-0.3, -0.25) is 4.79 Å². The van der Waals surface area contributed by atoms with Crippen molar-refractivity contribution in [3.05, 3.63) is 12.7 Å². The summed E-state index contributed by atoms with van der Waals surface area (Å²) in [5.74, 6) is 0.415. The summed E-state index contributed by atoms with van der Waals surface area (Å²) >= 11 is 6.03. The van der Waals surface area contributed by atoms with E-state index in [1.54, 1.807) is 0 Å². The SMILES string of the molecule is C=CCCC(Cl)C(=O)C1CCNCC1. The van der Waals surface area contributed by atoms with Gasteiger partial charge in [-0.25, -0.2) is 0 Å². The third-order valence-electron chi connectivity index (χ3n) is 2.67. The third-order valence-corrected chi connectivity index (χ3v) is 3.11. The summed E-state index contributed by atoms with van der Waals surface area (Å²) in [4.78, 5) is 11.8. The van der Waals surface area contributed by atoms with Crippen molar-refractivity contribution in [2.24, 2.45) is 5.92 Å². The van der Waals surface area contributed by atoms with E-state index in [-0.39, 0.29) is 17.1 Å². The maximum atomic E-state index is 11.8. The van der Waals surface area contributed by atoms with Gasteiger partial charge in [0.1, 0.15) is 0 Å². The van der Waals surface area contributed by atoms with Crippen LogP contribution < -0.4 is 5.32 Å². The zero-order valence-corrected chi connectivity index (χ0v) is 9.22. The summed E-state index contributed by atoms with van der Waals surface area (Å²) in [5, 5.41) is 2.93. The highest BCUT2D eigenvalue weighted by atomic mass is 35.5. The van der Waals surface area contributed by atoms with Crippen LogP contribution in [0.1, 0.15) is 25.7 Å². The lowest BCUT2D eigenvalue weighted by atomic mass is 9.90. The number of rotatable bonds is 5. The Hall–Kier alpha value is -0.340. The smallest absolute Gasteiger partial charge is 0.153 e. The summed E-state index contributed by atoms with van der Waals surface area (Å²) in [5.41, 5.74) is 0. The number of ketones is 1. The average Bonchev–Trinajstić information content (AvgIpc) is 2.26. The molecule has 0 spiro atoms. The molecule has 1 aliphatic rings. The van der Waals surface area contributed by atoms with E-state index in [9.17, 15) is 4.79 Å². The van der Waals surface area contributed by atoms with Gasteiger partial charge in [-0.05, 0) is 38.8 Å². The van der Waals surface area contributed by atoms with Gasteiger partial charge in [-0.2, -0.15) is 0 Å². The fraction of sp³-hybridized carbons (Fsp3) is 0.727. The lowest BCUT2D eigenvalue weighted by molar-refractivity contribution is -0.123. The lowest BCUT2D eigenvalue weighted by Crippen LogP contribution is -2.35. The van der Waals surface area contributed by atoms with Gasteiger partial charge in [0.25, 0.3) is 0 Å².